The summed E-state index contributed by atoms with van der Waals surface area (Å²) < 4.78 is 23.8. The normalized spacial score (nSPS) is 20.7. The molecule has 1 saturated heterocycles. The largest absolute Gasteiger partial charge is 0.389 e. The zero-order valence-corrected chi connectivity index (χ0v) is 13.5. The molecule has 1 aromatic carbocycles. The molecule has 1 aromatic rings. The van der Waals surface area contributed by atoms with Crippen LogP contribution < -0.4 is 11.1 Å². The number of nitrogens with two attached hydrogens (primary N) is 1. The van der Waals surface area contributed by atoms with Crippen LogP contribution in [0.25, 0.3) is 0 Å². The third kappa shape index (κ3) is 3.72. The molecular weight excluding hydrogens is 332 g/mol. The van der Waals surface area contributed by atoms with Crippen molar-refractivity contribution in [1.29, 1.82) is 0 Å². The molecule has 21 heavy (non-hydrogen) atoms. The van der Waals surface area contributed by atoms with E-state index in [0.717, 1.165) is 6.42 Å². The Bertz CT molecular complexity index is 689. The first-order valence-electron chi connectivity index (χ1n) is 6.43. The summed E-state index contributed by atoms with van der Waals surface area (Å²) in [6.07, 6.45) is 1.68. The van der Waals surface area contributed by atoms with Crippen LogP contribution in [0, 0.1) is 0 Å². The van der Waals surface area contributed by atoms with Crippen LogP contribution in [0.1, 0.15) is 24.8 Å². The van der Waals surface area contributed by atoms with Crippen LogP contribution in [0.4, 0.5) is 5.69 Å². The number of hydrogen-bond acceptors (Lipinski definition) is 4. The maximum Gasteiger partial charge on any atom is 0.242 e. The quantitative estimate of drug-likeness (QED) is 0.816. The van der Waals surface area contributed by atoms with E-state index in [-0.39, 0.29) is 15.8 Å². The van der Waals surface area contributed by atoms with Gasteiger partial charge in [0.2, 0.25) is 5.91 Å². The van der Waals surface area contributed by atoms with Crippen LogP contribution in [0.3, 0.4) is 0 Å². The number of hydrogen-bond donors (Lipinski definition) is 2. The highest BCUT2D eigenvalue weighted by Crippen LogP contribution is 2.26. The number of benzene rings is 1. The number of nitrogens with one attached hydrogen (secondary N) is 1. The number of amides is 1. The first-order chi connectivity index (χ1) is 9.81. The average Bonchev–Trinajstić information content (AvgIpc) is 2.40. The molecule has 1 fully saturated rings. The Morgan fingerprint density at radius 3 is 2.67 bits per heavy atom. The van der Waals surface area contributed by atoms with Gasteiger partial charge in [-0.2, -0.15) is 0 Å². The molecule has 0 radical (unpaired) electrons. The smallest absolute Gasteiger partial charge is 0.242 e. The van der Waals surface area contributed by atoms with Crippen LogP contribution in [-0.2, 0) is 14.6 Å². The van der Waals surface area contributed by atoms with Crippen molar-refractivity contribution in [3.8, 4) is 0 Å². The van der Waals surface area contributed by atoms with Crippen molar-refractivity contribution in [2.75, 3.05) is 11.1 Å². The minimum atomic E-state index is -3.37. The zero-order chi connectivity index (χ0) is 15.6. The summed E-state index contributed by atoms with van der Waals surface area (Å²) in [5.41, 5.74) is 6.42. The molecule has 0 aromatic heterocycles. The molecule has 1 aliphatic heterocycles. The molecule has 3 N–H and O–H groups in total. The molecule has 5 nitrogen and oxygen atoms in total. The van der Waals surface area contributed by atoms with Crippen molar-refractivity contribution in [2.24, 2.45) is 5.73 Å². The number of anilines is 1. The lowest BCUT2D eigenvalue weighted by atomic mass is 10.1. The molecule has 8 heteroatoms. The summed E-state index contributed by atoms with van der Waals surface area (Å²) in [5.74, 6) is -0.487. The standard InChI is InChI=1S/C13H15ClN2O3S2/c14-9-7-8(12(15)20)4-5-10(9)16-13(17)11-3-1-2-6-21(11,18)19/h4-5,7,11H,1-3,6H2,(H2,15,20)(H,16,17). The molecule has 1 heterocycles. The maximum atomic E-state index is 12.2. The van der Waals surface area contributed by atoms with Gasteiger partial charge >= 0.3 is 0 Å². The fraction of sp³-hybridized carbons (Fsp3) is 0.385. The van der Waals surface area contributed by atoms with Crippen LogP contribution in [0.2, 0.25) is 5.02 Å². The molecule has 1 amide bonds. The lowest BCUT2D eigenvalue weighted by Gasteiger charge is -2.21. The van der Waals surface area contributed by atoms with Gasteiger partial charge in [-0.15, -0.1) is 0 Å². The van der Waals surface area contributed by atoms with E-state index in [1.54, 1.807) is 12.1 Å². The second kappa shape index (κ2) is 6.29. The van der Waals surface area contributed by atoms with Gasteiger partial charge < -0.3 is 11.1 Å². The molecule has 1 atom stereocenters. The van der Waals surface area contributed by atoms with E-state index in [2.05, 4.69) is 5.32 Å². The maximum absolute atomic E-state index is 12.2. The van der Waals surface area contributed by atoms with Crippen molar-refractivity contribution in [2.45, 2.75) is 24.5 Å². The van der Waals surface area contributed by atoms with E-state index in [4.69, 9.17) is 29.6 Å². The summed E-state index contributed by atoms with van der Waals surface area (Å²) >= 11 is 10.9. The van der Waals surface area contributed by atoms with Crippen LogP contribution in [0.15, 0.2) is 18.2 Å². The Morgan fingerprint density at radius 2 is 2.10 bits per heavy atom. The van der Waals surface area contributed by atoms with Crippen molar-refractivity contribution >= 4 is 50.2 Å². The van der Waals surface area contributed by atoms with Crippen molar-refractivity contribution < 1.29 is 13.2 Å². The lowest BCUT2D eigenvalue weighted by molar-refractivity contribution is -0.116. The van der Waals surface area contributed by atoms with E-state index >= 15 is 0 Å². The molecule has 0 spiro atoms. The fourth-order valence-corrected chi connectivity index (χ4v) is 4.39. The molecular formula is C13H15ClN2O3S2. The third-order valence-electron chi connectivity index (χ3n) is 3.38. The Labute approximate surface area is 133 Å². The Kier molecular flexibility index (Phi) is 4.85. The predicted molar refractivity (Wildman–Crippen MR) is 87.4 cm³/mol. The fourth-order valence-electron chi connectivity index (χ4n) is 2.23. The van der Waals surface area contributed by atoms with Crippen molar-refractivity contribution in [1.82, 2.24) is 0 Å². The van der Waals surface area contributed by atoms with Crippen LogP contribution >= 0.6 is 23.8 Å². The second-order valence-electron chi connectivity index (χ2n) is 4.90. The van der Waals surface area contributed by atoms with Crippen molar-refractivity contribution in [3.63, 3.8) is 0 Å². The molecule has 114 valence electrons. The predicted octanol–water partition coefficient (Wildman–Crippen LogP) is 1.88. The number of sulfone groups is 1. The SMILES string of the molecule is NC(=S)c1ccc(NC(=O)C2CCCCS2(=O)=O)c(Cl)c1. The van der Waals surface area contributed by atoms with E-state index < -0.39 is 21.0 Å². The van der Waals surface area contributed by atoms with Gasteiger partial charge in [0, 0.05) is 5.56 Å². The summed E-state index contributed by atoms with van der Waals surface area (Å²) in [5, 5.41) is 1.83. The first-order valence-corrected chi connectivity index (χ1v) is 8.93. The number of carbonyl (C=O) groups excluding carboxylic acids is 1. The Hall–Kier alpha value is -1.18. The molecule has 0 bridgehead atoms. The summed E-state index contributed by atoms with van der Waals surface area (Å²) in [7, 11) is -3.37. The van der Waals surface area contributed by atoms with Gasteiger partial charge in [-0.3, -0.25) is 4.79 Å². The third-order valence-corrected chi connectivity index (χ3v) is 6.11. The van der Waals surface area contributed by atoms with Crippen LogP contribution in [-0.4, -0.2) is 30.3 Å². The number of halogens is 1. The number of carbonyl (C=O) groups is 1. The van der Waals surface area contributed by atoms with E-state index in [0.29, 0.717) is 24.1 Å². The number of rotatable bonds is 3. The van der Waals surface area contributed by atoms with Crippen molar-refractivity contribution in [3.05, 3.63) is 28.8 Å². The van der Waals surface area contributed by atoms with Gasteiger partial charge in [-0.1, -0.05) is 30.2 Å². The highest BCUT2D eigenvalue weighted by molar-refractivity contribution is 7.92. The minimum absolute atomic E-state index is 0.0548. The molecule has 2 rings (SSSR count). The Morgan fingerprint density at radius 1 is 1.38 bits per heavy atom. The van der Waals surface area contributed by atoms with Gasteiger partial charge in [-0.05, 0) is 31.0 Å². The van der Waals surface area contributed by atoms with Gasteiger partial charge in [0.25, 0.3) is 0 Å². The van der Waals surface area contributed by atoms with Gasteiger partial charge in [0.15, 0.2) is 9.84 Å². The van der Waals surface area contributed by atoms with E-state index in [1.807, 2.05) is 0 Å². The molecule has 1 aliphatic rings. The summed E-state index contributed by atoms with van der Waals surface area (Å²) in [6.45, 7) is 0. The van der Waals surface area contributed by atoms with E-state index in [1.165, 1.54) is 6.07 Å². The summed E-state index contributed by atoms with van der Waals surface area (Å²) in [4.78, 5) is 12.4. The number of thiocarbonyl (C=S) groups is 1. The Balaban J connectivity index is 2.18. The minimum Gasteiger partial charge on any atom is -0.389 e. The zero-order valence-electron chi connectivity index (χ0n) is 11.1. The molecule has 0 saturated carbocycles. The van der Waals surface area contributed by atoms with E-state index in [9.17, 15) is 13.2 Å². The summed E-state index contributed by atoms with van der Waals surface area (Å²) in [6, 6.07) is 4.72. The monoisotopic (exact) mass is 346 g/mol. The molecule has 1 unspecified atom stereocenters. The molecule has 0 aliphatic carbocycles. The highest BCUT2D eigenvalue weighted by atomic mass is 35.5. The van der Waals surface area contributed by atoms with Gasteiger partial charge in [0.1, 0.15) is 10.2 Å². The lowest BCUT2D eigenvalue weighted by Crippen LogP contribution is -2.39. The van der Waals surface area contributed by atoms with Gasteiger partial charge in [-0.25, -0.2) is 8.42 Å². The average molecular weight is 347 g/mol. The topological polar surface area (TPSA) is 89.3 Å². The van der Waals surface area contributed by atoms with Gasteiger partial charge in [0.05, 0.1) is 16.5 Å². The first kappa shape index (κ1) is 16.2. The van der Waals surface area contributed by atoms with Crippen LogP contribution in [0.5, 0.6) is 0 Å². The second-order valence-corrected chi connectivity index (χ2v) is 8.05. The highest BCUT2D eigenvalue weighted by Gasteiger charge is 2.34.